The molecule has 1 aliphatic rings. The van der Waals surface area contributed by atoms with Crippen molar-refractivity contribution < 1.29 is 19.1 Å². The quantitative estimate of drug-likeness (QED) is 0.847. The first-order valence-electron chi connectivity index (χ1n) is 8.98. The van der Waals surface area contributed by atoms with Crippen LogP contribution in [0.25, 0.3) is 5.82 Å². The highest BCUT2D eigenvalue weighted by molar-refractivity contribution is 5.94. The number of anilines is 1. The highest BCUT2D eigenvalue weighted by Gasteiger charge is 2.23. The third kappa shape index (κ3) is 4.63. The van der Waals surface area contributed by atoms with Crippen LogP contribution in [0.1, 0.15) is 39.6 Å². The Balaban J connectivity index is 1.74. The molecule has 28 heavy (non-hydrogen) atoms. The van der Waals surface area contributed by atoms with Crippen LogP contribution in [0.2, 0.25) is 0 Å². The summed E-state index contributed by atoms with van der Waals surface area (Å²) in [7, 11) is 0. The first-order valence-corrected chi connectivity index (χ1v) is 8.98. The molecule has 0 aliphatic carbocycles. The smallest absolute Gasteiger partial charge is 0.408 e. The molecule has 0 radical (unpaired) electrons. The predicted molar refractivity (Wildman–Crippen MR) is 100 cm³/mol. The molecule has 1 fully saturated rings. The second-order valence-corrected chi connectivity index (χ2v) is 7.37. The van der Waals surface area contributed by atoms with Crippen molar-refractivity contribution in [3.63, 3.8) is 0 Å². The molecule has 1 atom stereocenters. The molecule has 0 saturated carbocycles. The number of aromatic nitrogens is 4. The third-order valence-corrected chi connectivity index (χ3v) is 3.94. The Kier molecular flexibility index (Phi) is 5.59. The second kappa shape index (κ2) is 7.93. The molecule has 1 aliphatic heterocycles. The summed E-state index contributed by atoms with van der Waals surface area (Å²) in [5.41, 5.74) is 0.102. The van der Waals surface area contributed by atoms with Gasteiger partial charge in [-0.1, -0.05) is 0 Å². The van der Waals surface area contributed by atoms with Gasteiger partial charge in [0.1, 0.15) is 18.5 Å². The van der Waals surface area contributed by atoms with Gasteiger partial charge in [0.2, 0.25) is 0 Å². The van der Waals surface area contributed by atoms with E-state index in [0.29, 0.717) is 30.5 Å². The maximum Gasteiger partial charge on any atom is 0.408 e. The van der Waals surface area contributed by atoms with E-state index in [1.165, 1.54) is 11.0 Å². The lowest BCUT2D eigenvalue weighted by Crippen LogP contribution is -2.41. The summed E-state index contributed by atoms with van der Waals surface area (Å²) in [6, 6.07) is 3.10. The number of pyridine rings is 1. The monoisotopic (exact) mass is 388 g/mol. The average Bonchev–Trinajstić information content (AvgIpc) is 3.10. The molecule has 1 N–H and O–H groups in total. The minimum absolute atomic E-state index is 0.0722. The van der Waals surface area contributed by atoms with E-state index in [-0.39, 0.29) is 12.5 Å². The van der Waals surface area contributed by atoms with Gasteiger partial charge in [-0.3, -0.25) is 4.79 Å². The van der Waals surface area contributed by atoms with E-state index >= 15 is 0 Å². The van der Waals surface area contributed by atoms with E-state index in [0.717, 1.165) is 0 Å². The number of rotatable bonds is 4. The number of hydrogen-bond donors (Lipinski definition) is 1. The van der Waals surface area contributed by atoms with Gasteiger partial charge in [0.15, 0.2) is 11.6 Å². The van der Waals surface area contributed by atoms with Crippen LogP contribution >= 0.6 is 0 Å². The Morgan fingerprint density at radius 2 is 2.11 bits per heavy atom. The van der Waals surface area contributed by atoms with Crippen LogP contribution in [0.4, 0.5) is 10.5 Å². The SMILES string of the molecule is C[C@H](NC(=O)OC(C)(C)C)c1ncnn1-c1ccc(N2CCOCC2=O)cn1. The van der Waals surface area contributed by atoms with Crippen LogP contribution in [0.15, 0.2) is 24.7 Å². The van der Waals surface area contributed by atoms with Gasteiger partial charge in [-0.25, -0.2) is 14.8 Å². The van der Waals surface area contributed by atoms with E-state index in [9.17, 15) is 9.59 Å². The molecule has 3 rings (SSSR count). The number of morpholine rings is 1. The maximum absolute atomic E-state index is 12.0. The highest BCUT2D eigenvalue weighted by atomic mass is 16.6. The number of nitrogens with zero attached hydrogens (tertiary/aromatic N) is 5. The first-order chi connectivity index (χ1) is 13.2. The standard InChI is InChI=1S/C18H24N6O4/c1-12(22-17(26)28-18(2,3)4)16-20-11-21-24(16)14-6-5-13(9-19-14)23-7-8-27-10-15(23)25/h5-6,9,11-12H,7-8,10H2,1-4H3,(H,22,26)/t12-/m0/s1. The van der Waals surface area contributed by atoms with Gasteiger partial charge in [-0.15, -0.1) is 0 Å². The van der Waals surface area contributed by atoms with Crippen LogP contribution in [-0.4, -0.2) is 57.1 Å². The van der Waals surface area contributed by atoms with Gasteiger partial charge in [-0.05, 0) is 39.8 Å². The Morgan fingerprint density at radius 1 is 1.32 bits per heavy atom. The Bertz CT molecular complexity index is 843. The average molecular weight is 388 g/mol. The molecule has 1 saturated heterocycles. The summed E-state index contributed by atoms with van der Waals surface area (Å²) in [4.78, 5) is 34.2. The molecular weight excluding hydrogens is 364 g/mol. The van der Waals surface area contributed by atoms with E-state index < -0.39 is 17.7 Å². The van der Waals surface area contributed by atoms with Crippen molar-refractivity contribution in [2.24, 2.45) is 0 Å². The number of hydrogen-bond acceptors (Lipinski definition) is 7. The fraction of sp³-hybridized carbons (Fsp3) is 0.500. The van der Waals surface area contributed by atoms with Crippen LogP contribution in [0.5, 0.6) is 0 Å². The summed E-state index contributed by atoms with van der Waals surface area (Å²) in [6.45, 7) is 8.23. The Labute approximate surface area is 162 Å². The summed E-state index contributed by atoms with van der Waals surface area (Å²) in [6.07, 6.45) is 2.46. The topological polar surface area (TPSA) is 111 Å². The highest BCUT2D eigenvalue weighted by Crippen LogP contribution is 2.19. The molecule has 2 amide bonds. The van der Waals surface area contributed by atoms with Gasteiger partial charge in [0.25, 0.3) is 5.91 Å². The molecule has 0 unspecified atom stereocenters. The molecule has 0 aromatic carbocycles. The largest absolute Gasteiger partial charge is 0.444 e. The van der Waals surface area contributed by atoms with Crippen molar-refractivity contribution >= 4 is 17.7 Å². The van der Waals surface area contributed by atoms with E-state index in [1.807, 2.05) is 0 Å². The summed E-state index contributed by atoms with van der Waals surface area (Å²) in [5, 5.41) is 6.94. The Morgan fingerprint density at radius 3 is 2.75 bits per heavy atom. The van der Waals surface area contributed by atoms with Crippen LogP contribution in [0, 0.1) is 0 Å². The fourth-order valence-corrected chi connectivity index (χ4v) is 2.73. The van der Waals surface area contributed by atoms with E-state index in [4.69, 9.17) is 9.47 Å². The van der Waals surface area contributed by atoms with Crippen LogP contribution in [-0.2, 0) is 14.3 Å². The van der Waals surface area contributed by atoms with Crippen molar-refractivity contribution in [3.05, 3.63) is 30.5 Å². The summed E-state index contributed by atoms with van der Waals surface area (Å²) >= 11 is 0. The maximum atomic E-state index is 12.0. The lowest BCUT2D eigenvalue weighted by atomic mass is 10.2. The molecular formula is C18H24N6O4. The van der Waals surface area contributed by atoms with Crippen molar-refractivity contribution in [1.82, 2.24) is 25.1 Å². The minimum Gasteiger partial charge on any atom is -0.444 e. The fourth-order valence-electron chi connectivity index (χ4n) is 2.73. The number of alkyl carbamates (subject to hydrolysis) is 1. The molecule has 2 aromatic rings. The summed E-state index contributed by atoms with van der Waals surface area (Å²) in [5.74, 6) is 0.931. The zero-order valence-corrected chi connectivity index (χ0v) is 16.4. The molecule has 3 heterocycles. The lowest BCUT2D eigenvalue weighted by molar-refractivity contribution is -0.125. The minimum atomic E-state index is -0.591. The van der Waals surface area contributed by atoms with Crippen molar-refractivity contribution in [1.29, 1.82) is 0 Å². The van der Waals surface area contributed by atoms with Crippen molar-refractivity contribution in [2.75, 3.05) is 24.7 Å². The van der Waals surface area contributed by atoms with E-state index in [1.54, 1.807) is 50.9 Å². The van der Waals surface area contributed by atoms with Gasteiger partial charge in [0, 0.05) is 6.54 Å². The zero-order chi connectivity index (χ0) is 20.3. The predicted octanol–water partition coefficient (Wildman–Crippen LogP) is 1.61. The summed E-state index contributed by atoms with van der Waals surface area (Å²) < 4.78 is 12.0. The molecule has 10 heteroatoms. The first kappa shape index (κ1) is 19.7. The molecule has 0 spiro atoms. The number of carbonyl (C=O) groups is 2. The van der Waals surface area contributed by atoms with Crippen LogP contribution < -0.4 is 10.2 Å². The molecule has 150 valence electrons. The van der Waals surface area contributed by atoms with Crippen molar-refractivity contribution in [3.8, 4) is 5.82 Å². The van der Waals surface area contributed by atoms with Gasteiger partial charge >= 0.3 is 6.09 Å². The molecule has 0 bridgehead atoms. The van der Waals surface area contributed by atoms with Crippen molar-refractivity contribution in [2.45, 2.75) is 39.3 Å². The molecule has 10 nitrogen and oxygen atoms in total. The normalized spacial score (nSPS) is 16.0. The lowest BCUT2D eigenvalue weighted by Gasteiger charge is -2.26. The Hall–Kier alpha value is -3.01. The molecule has 2 aromatic heterocycles. The number of nitrogens with one attached hydrogen (secondary N) is 1. The number of carbonyl (C=O) groups excluding carboxylic acids is 2. The third-order valence-electron chi connectivity index (χ3n) is 3.94. The zero-order valence-electron chi connectivity index (χ0n) is 16.4. The van der Waals surface area contributed by atoms with Crippen LogP contribution in [0.3, 0.4) is 0 Å². The van der Waals surface area contributed by atoms with E-state index in [2.05, 4.69) is 20.4 Å². The van der Waals surface area contributed by atoms with Gasteiger partial charge in [0.05, 0.1) is 24.5 Å². The van der Waals surface area contributed by atoms with Gasteiger partial charge in [-0.2, -0.15) is 9.78 Å². The number of amides is 2. The number of ether oxygens (including phenoxy) is 2. The van der Waals surface area contributed by atoms with Gasteiger partial charge < -0.3 is 19.7 Å². The second-order valence-electron chi connectivity index (χ2n) is 7.37.